The highest BCUT2D eigenvalue weighted by Crippen LogP contribution is 2.34. The number of hydrogen-bond donors (Lipinski definition) is 0. The van der Waals surface area contributed by atoms with E-state index in [1.807, 2.05) is 0 Å². The molecule has 1 aliphatic heterocycles. The molecule has 0 amide bonds. The lowest BCUT2D eigenvalue weighted by Crippen LogP contribution is -1.93. The maximum absolute atomic E-state index is 5.37. The normalized spacial score (nSPS) is 18.8. The van der Waals surface area contributed by atoms with E-state index in [2.05, 4.69) is 28.9 Å². The van der Waals surface area contributed by atoms with Crippen LogP contribution in [0.25, 0.3) is 0 Å². The average molecular weight is 249 g/mol. The van der Waals surface area contributed by atoms with Crippen LogP contribution in [-0.2, 0) is 9.47 Å². The van der Waals surface area contributed by atoms with Gasteiger partial charge in [0.05, 0.1) is 21.9 Å². The Morgan fingerprint density at radius 2 is 2.17 bits per heavy atom. The summed E-state index contributed by atoms with van der Waals surface area (Å²) in [6.07, 6.45) is -0.125. The summed E-state index contributed by atoms with van der Waals surface area (Å²) in [5.74, 6) is 0. The molecule has 66 valence electrons. The molecule has 0 bridgehead atoms. The molecule has 0 spiro atoms. The fourth-order valence-corrected chi connectivity index (χ4v) is 2.69. The Kier molecular flexibility index (Phi) is 2.50. The van der Waals surface area contributed by atoms with Crippen molar-refractivity contribution in [2.24, 2.45) is 0 Å². The van der Waals surface area contributed by atoms with Gasteiger partial charge in [-0.05, 0) is 34.5 Å². The van der Waals surface area contributed by atoms with Gasteiger partial charge in [0.2, 0.25) is 0 Å². The van der Waals surface area contributed by atoms with Crippen molar-refractivity contribution in [3.63, 3.8) is 0 Å². The van der Waals surface area contributed by atoms with Crippen LogP contribution in [-0.4, -0.2) is 13.2 Å². The van der Waals surface area contributed by atoms with Crippen molar-refractivity contribution in [3.05, 3.63) is 20.3 Å². The van der Waals surface area contributed by atoms with Gasteiger partial charge in [-0.25, -0.2) is 0 Å². The summed E-state index contributed by atoms with van der Waals surface area (Å²) in [7, 11) is 0. The zero-order valence-electron chi connectivity index (χ0n) is 6.67. The molecule has 1 aliphatic rings. The Morgan fingerprint density at radius 1 is 1.50 bits per heavy atom. The van der Waals surface area contributed by atoms with Crippen molar-refractivity contribution >= 4 is 27.3 Å². The molecular weight excluding hydrogens is 240 g/mol. The largest absolute Gasteiger partial charge is 0.345 e. The smallest absolute Gasteiger partial charge is 0.193 e. The summed E-state index contributed by atoms with van der Waals surface area (Å²) in [6, 6.07) is 2.10. The van der Waals surface area contributed by atoms with Crippen molar-refractivity contribution in [2.45, 2.75) is 13.2 Å². The molecule has 2 rings (SSSR count). The molecule has 0 aromatic carbocycles. The minimum absolute atomic E-state index is 0.125. The maximum Gasteiger partial charge on any atom is 0.193 e. The van der Waals surface area contributed by atoms with E-state index in [4.69, 9.17) is 9.47 Å². The first-order chi connectivity index (χ1) is 5.77. The molecule has 2 nitrogen and oxygen atoms in total. The highest BCUT2D eigenvalue weighted by molar-refractivity contribution is 9.11. The van der Waals surface area contributed by atoms with E-state index in [1.54, 1.807) is 11.3 Å². The Labute approximate surface area is 83.6 Å². The number of halogens is 1. The predicted molar refractivity (Wildman–Crippen MR) is 51.4 cm³/mol. The molecule has 2 heterocycles. The van der Waals surface area contributed by atoms with Gasteiger partial charge in [-0.3, -0.25) is 0 Å². The van der Waals surface area contributed by atoms with E-state index >= 15 is 0 Å². The van der Waals surface area contributed by atoms with Gasteiger partial charge in [-0.2, -0.15) is 0 Å². The first-order valence-electron chi connectivity index (χ1n) is 3.76. The first kappa shape index (κ1) is 8.69. The minimum atomic E-state index is -0.125. The Hall–Kier alpha value is 0.100. The lowest BCUT2D eigenvalue weighted by molar-refractivity contribution is -0.0413. The number of aryl methyl sites for hydroxylation is 1. The predicted octanol–water partition coefficient (Wildman–Crippen LogP) is 2.86. The molecule has 0 saturated carbocycles. The molecule has 1 aromatic heterocycles. The Bertz CT molecular complexity index is 259. The van der Waals surface area contributed by atoms with Gasteiger partial charge in [-0.15, -0.1) is 11.3 Å². The third-order valence-corrected chi connectivity index (χ3v) is 3.89. The molecule has 0 radical (unpaired) electrons. The van der Waals surface area contributed by atoms with Gasteiger partial charge in [-0.1, -0.05) is 0 Å². The van der Waals surface area contributed by atoms with Crippen molar-refractivity contribution in [1.82, 2.24) is 0 Å². The molecule has 1 fully saturated rings. The molecule has 0 unspecified atom stereocenters. The number of ether oxygens (including phenoxy) is 2. The van der Waals surface area contributed by atoms with Gasteiger partial charge in [0, 0.05) is 0 Å². The van der Waals surface area contributed by atoms with Crippen LogP contribution in [0.1, 0.15) is 16.7 Å². The van der Waals surface area contributed by atoms with Crippen LogP contribution in [0.2, 0.25) is 0 Å². The maximum atomic E-state index is 5.37. The monoisotopic (exact) mass is 248 g/mol. The second kappa shape index (κ2) is 3.46. The zero-order chi connectivity index (χ0) is 8.55. The first-order valence-corrected chi connectivity index (χ1v) is 5.37. The molecule has 1 saturated heterocycles. The highest BCUT2D eigenvalue weighted by atomic mass is 79.9. The minimum Gasteiger partial charge on any atom is -0.345 e. The van der Waals surface area contributed by atoms with E-state index in [-0.39, 0.29) is 6.29 Å². The van der Waals surface area contributed by atoms with Crippen LogP contribution in [0, 0.1) is 6.92 Å². The molecular formula is C8H9BrO2S. The molecule has 0 N–H and O–H groups in total. The van der Waals surface area contributed by atoms with Gasteiger partial charge in [0.25, 0.3) is 0 Å². The third kappa shape index (κ3) is 1.57. The van der Waals surface area contributed by atoms with Crippen molar-refractivity contribution in [1.29, 1.82) is 0 Å². The van der Waals surface area contributed by atoms with Crippen LogP contribution in [0.3, 0.4) is 0 Å². The number of thiophene rings is 1. The Balaban J connectivity index is 2.21. The van der Waals surface area contributed by atoms with Crippen LogP contribution >= 0.6 is 27.3 Å². The van der Waals surface area contributed by atoms with E-state index in [9.17, 15) is 0 Å². The molecule has 0 aliphatic carbocycles. The fourth-order valence-electron chi connectivity index (χ4n) is 1.12. The summed E-state index contributed by atoms with van der Waals surface area (Å²) >= 11 is 5.15. The second-order valence-corrected chi connectivity index (χ2v) is 5.08. The highest BCUT2D eigenvalue weighted by Gasteiger charge is 2.20. The number of hydrogen-bond acceptors (Lipinski definition) is 3. The van der Waals surface area contributed by atoms with Crippen LogP contribution in [0.5, 0.6) is 0 Å². The van der Waals surface area contributed by atoms with Crippen molar-refractivity contribution < 1.29 is 9.47 Å². The molecule has 4 heteroatoms. The van der Waals surface area contributed by atoms with Gasteiger partial charge >= 0.3 is 0 Å². The van der Waals surface area contributed by atoms with E-state index in [1.165, 1.54) is 5.56 Å². The summed E-state index contributed by atoms with van der Waals surface area (Å²) in [4.78, 5) is 1.15. The van der Waals surface area contributed by atoms with Crippen LogP contribution in [0.4, 0.5) is 0 Å². The lowest BCUT2D eigenvalue weighted by Gasteiger charge is -2.04. The quantitative estimate of drug-likeness (QED) is 0.761. The van der Waals surface area contributed by atoms with Gasteiger partial charge in [0.1, 0.15) is 0 Å². The fraction of sp³-hybridized carbons (Fsp3) is 0.500. The van der Waals surface area contributed by atoms with Crippen molar-refractivity contribution in [2.75, 3.05) is 13.2 Å². The standard InChI is InChI=1S/C8H9BrO2S/c1-5-4-6(12-7(5)9)8-10-2-3-11-8/h4,8H,2-3H2,1H3. The molecule has 0 atom stereocenters. The topological polar surface area (TPSA) is 18.5 Å². The summed E-state index contributed by atoms with van der Waals surface area (Å²) < 4.78 is 11.9. The summed E-state index contributed by atoms with van der Waals surface area (Å²) in [5, 5.41) is 0. The van der Waals surface area contributed by atoms with E-state index in [0.717, 1.165) is 8.66 Å². The lowest BCUT2D eigenvalue weighted by atomic mass is 10.3. The summed E-state index contributed by atoms with van der Waals surface area (Å²) in [6.45, 7) is 3.48. The SMILES string of the molecule is Cc1cc(C2OCCO2)sc1Br. The van der Waals surface area contributed by atoms with Crippen LogP contribution in [0.15, 0.2) is 9.85 Å². The Morgan fingerprint density at radius 3 is 2.67 bits per heavy atom. The van der Waals surface area contributed by atoms with Crippen molar-refractivity contribution in [3.8, 4) is 0 Å². The average Bonchev–Trinajstić information content (AvgIpc) is 2.61. The molecule has 1 aromatic rings. The zero-order valence-corrected chi connectivity index (χ0v) is 9.07. The summed E-state index contributed by atoms with van der Waals surface area (Å²) in [5.41, 5.74) is 1.24. The van der Waals surface area contributed by atoms with Gasteiger partial charge < -0.3 is 9.47 Å². The number of rotatable bonds is 1. The molecule has 12 heavy (non-hydrogen) atoms. The third-order valence-electron chi connectivity index (χ3n) is 1.73. The van der Waals surface area contributed by atoms with E-state index < -0.39 is 0 Å². The van der Waals surface area contributed by atoms with E-state index in [0.29, 0.717) is 13.2 Å². The van der Waals surface area contributed by atoms with Crippen LogP contribution < -0.4 is 0 Å². The second-order valence-electron chi connectivity index (χ2n) is 2.68. The van der Waals surface area contributed by atoms with Gasteiger partial charge in [0.15, 0.2) is 6.29 Å².